The Balaban J connectivity index is 1.75. The maximum atomic E-state index is 13.3. The highest BCUT2D eigenvalue weighted by molar-refractivity contribution is 5.72. The van der Waals surface area contributed by atoms with Crippen LogP contribution in [0.5, 0.6) is 0 Å². The summed E-state index contributed by atoms with van der Waals surface area (Å²) in [6.45, 7) is 2.07. The van der Waals surface area contributed by atoms with Gasteiger partial charge >= 0.3 is 5.97 Å². The average molecular weight is 291 g/mol. The van der Waals surface area contributed by atoms with Gasteiger partial charge in [0.1, 0.15) is 5.82 Å². The molecule has 1 spiro atoms. The summed E-state index contributed by atoms with van der Waals surface area (Å²) in [5, 5.41) is 9.57. The van der Waals surface area contributed by atoms with Gasteiger partial charge in [-0.25, -0.2) is 4.39 Å². The van der Waals surface area contributed by atoms with E-state index in [1.165, 1.54) is 12.5 Å². The number of benzene rings is 1. The molecular weight excluding hydrogens is 269 g/mol. The van der Waals surface area contributed by atoms with Crippen LogP contribution in [-0.2, 0) is 11.3 Å². The smallest absolute Gasteiger partial charge is 0.308 e. The Hall–Kier alpha value is -1.42. The van der Waals surface area contributed by atoms with E-state index in [1.807, 2.05) is 6.07 Å². The number of rotatable bonds is 3. The number of likely N-dealkylation sites (tertiary alicyclic amines) is 1. The van der Waals surface area contributed by atoms with E-state index in [4.69, 9.17) is 0 Å². The zero-order valence-electron chi connectivity index (χ0n) is 12.2. The standard InChI is InChI=1S/C17H22FNO2/c18-14-6-4-5-13(9-14)10-19-11-15(16(20)21)17(12-19)7-2-1-3-8-17/h4-6,9,15H,1-3,7-8,10-12H2,(H,20,21)/t15-/m0/s1. The molecule has 1 aromatic carbocycles. The Morgan fingerprint density at radius 1 is 1.33 bits per heavy atom. The van der Waals surface area contributed by atoms with E-state index < -0.39 is 5.97 Å². The van der Waals surface area contributed by atoms with Crippen LogP contribution in [0.25, 0.3) is 0 Å². The first-order valence-corrected chi connectivity index (χ1v) is 7.79. The molecule has 0 unspecified atom stereocenters. The first-order valence-electron chi connectivity index (χ1n) is 7.79. The molecule has 3 rings (SSSR count). The Kier molecular flexibility index (Phi) is 3.98. The second-order valence-corrected chi connectivity index (χ2v) is 6.61. The van der Waals surface area contributed by atoms with Gasteiger partial charge in [-0.05, 0) is 36.0 Å². The lowest BCUT2D eigenvalue weighted by Gasteiger charge is -2.36. The molecule has 0 radical (unpaired) electrons. The monoisotopic (exact) mass is 291 g/mol. The highest BCUT2D eigenvalue weighted by atomic mass is 19.1. The summed E-state index contributed by atoms with van der Waals surface area (Å²) in [5.41, 5.74) is 0.865. The molecule has 2 fully saturated rings. The number of hydrogen-bond donors (Lipinski definition) is 1. The Morgan fingerprint density at radius 2 is 2.10 bits per heavy atom. The fourth-order valence-corrected chi connectivity index (χ4v) is 4.19. The van der Waals surface area contributed by atoms with Gasteiger partial charge in [0.25, 0.3) is 0 Å². The molecule has 1 aliphatic heterocycles. The molecule has 21 heavy (non-hydrogen) atoms. The minimum absolute atomic E-state index is 0.0581. The van der Waals surface area contributed by atoms with Gasteiger partial charge in [-0.2, -0.15) is 0 Å². The molecule has 2 aliphatic rings. The highest BCUT2D eigenvalue weighted by Crippen LogP contribution is 2.47. The molecule has 0 bridgehead atoms. The van der Waals surface area contributed by atoms with Crippen molar-refractivity contribution >= 4 is 5.97 Å². The second-order valence-electron chi connectivity index (χ2n) is 6.61. The molecule has 3 nitrogen and oxygen atoms in total. The topological polar surface area (TPSA) is 40.5 Å². The molecule has 1 saturated carbocycles. The summed E-state index contributed by atoms with van der Waals surface area (Å²) in [6, 6.07) is 6.61. The van der Waals surface area contributed by atoms with E-state index >= 15 is 0 Å². The van der Waals surface area contributed by atoms with Crippen molar-refractivity contribution in [1.29, 1.82) is 0 Å². The largest absolute Gasteiger partial charge is 0.481 e. The number of hydrogen-bond acceptors (Lipinski definition) is 2. The van der Waals surface area contributed by atoms with Crippen molar-refractivity contribution in [3.63, 3.8) is 0 Å². The average Bonchev–Trinajstić information content (AvgIpc) is 2.78. The van der Waals surface area contributed by atoms with Crippen LogP contribution in [0.4, 0.5) is 4.39 Å². The number of carboxylic acids is 1. The van der Waals surface area contributed by atoms with Crippen molar-refractivity contribution in [3.05, 3.63) is 35.6 Å². The quantitative estimate of drug-likeness (QED) is 0.929. The van der Waals surface area contributed by atoms with E-state index in [-0.39, 0.29) is 17.2 Å². The zero-order chi connectivity index (χ0) is 14.9. The number of carboxylic acid groups (broad SMARTS) is 1. The summed E-state index contributed by atoms with van der Waals surface area (Å²) in [4.78, 5) is 13.8. The molecular formula is C17H22FNO2. The number of aliphatic carboxylic acids is 1. The highest BCUT2D eigenvalue weighted by Gasteiger charge is 2.50. The molecule has 1 heterocycles. The van der Waals surface area contributed by atoms with Gasteiger partial charge in [-0.15, -0.1) is 0 Å². The van der Waals surface area contributed by atoms with Crippen molar-refractivity contribution in [3.8, 4) is 0 Å². The predicted molar refractivity (Wildman–Crippen MR) is 78.3 cm³/mol. The molecule has 1 aromatic rings. The molecule has 1 aliphatic carbocycles. The van der Waals surface area contributed by atoms with Crippen molar-refractivity contribution in [2.75, 3.05) is 13.1 Å². The van der Waals surface area contributed by atoms with Crippen molar-refractivity contribution in [2.45, 2.75) is 38.6 Å². The third-order valence-electron chi connectivity index (χ3n) is 5.16. The molecule has 0 amide bonds. The van der Waals surface area contributed by atoms with Crippen LogP contribution in [0.3, 0.4) is 0 Å². The van der Waals surface area contributed by atoms with E-state index in [2.05, 4.69) is 4.90 Å². The summed E-state index contributed by atoms with van der Waals surface area (Å²) >= 11 is 0. The van der Waals surface area contributed by atoms with Crippen molar-refractivity contribution in [2.24, 2.45) is 11.3 Å². The Morgan fingerprint density at radius 3 is 2.76 bits per heavy atom. The SMILES string of the molecule is O=C(O)[C@@H]1CN(Cc2cccc(F)c2)CC12CCCCC2. The summed E-state index contributed by atoms with van der Waals surface area (Å²) in [5.74, 6) is -1.17. The molecule has 4 heteroatoms. The fourth-order valence-electron chi connectivity index (χ4n) is 4.19. The van der Waals surface area contributed by atoms with Gasteiger partial charge < -0.3 is 5.11 Å². The van der Waals surface area contributed by atoms with Crippen molar-refractivity contribution in [1.82, 2.24) is 4.90 Å². The van der Waals surface area contributed by atoms with E-state index in [9.17, 15) is 14.3 Å². The van der Waals surface area contributed by atoms with Gasteiger partial charge in [-0.3, -0.25) is 9.69 Å². The number of carbonyl (C=O) groups is 1. The fraction of sp³-hybridized carbons (Fsp3) is 0.588. The van der Waals surface area contributed by atoms with Gasteiger partial charge in [0.05, 0.1) is 5.92 Å². The van der Waals surface area contributed by atoms with Crippen LogP contribution in [0.15, 0.2) is 24.3 Å². The maximum absolute atomic E-state index is 13.3. The van der Waals surface area contributed by atoms with Crippen LogP contribution in [-0.4, -0.2) is 29.1 Å². The molecule has 0 aromatic heterocycles. The second kappa shape index (κ2) is 5.76. The van der Waals surface area contributed by atoms with Crippen LogP contribution in [0.1, 0.15) is 37.7 Å². The zero-order valence-corrected chi connectivity index (χ0v) is 12.2. The Bertz CT molecular complexity index is 525. The minimum Gasteiger partial charge on any atom is -0.481 e. The first-order chi connectivity index (χ1) is 10.1. The summed E-state index contributed by atoms with van der Waals surface area (Å²) in [6.07, 6.45) is 5.53. The predicted octanol–water partition coefficient (Wildman–Crippen LogP) is 3.29. The lowest BCUT2D eigenvalue weighted by Crippen LogP contribution is -2.36. The van der Waals surface area contributed by atoms with Crippen LogP contribution in [0, 0.1) is 17.2 Å². The van der Waals surface area contributed by atoms with E-state index in [0.717, 1.165) is 37.8 Å². The van der Waals surface area contributed by atoms with Crippen LogP contribution in [0.2, 0.25) is 0 Å². The summed E-state index contributed by atoms with van der Waals surface area (Å²) in [7, 11) is 0. The van der Waals surface area contributed by atoms with Crippen LogP contribution >= 0.6 is 0 Å². The minimum atomic E-state index is -0.668. The van der Waals surface area contributed by atoms with E-state index in [0.29, 0.717) is 13.1 Å². The van der Waals surface area contributed by atoms with Crippen molar-refractivity contribution < 1.29 is 14.3 Å². The normalized spacial score (nSPS) is 25.3. The lowest BCUT2D eigenvalue weighted by atomic mass is 9.68. The third-order valence-corrected chi connectivity index (χ3v) is 5.16. The van der Waals surface area contributed by atoms with Gasteiger partial charge in [0.15, 0.2) is 0 Å². The van der Waals surface area contributed by atoms with Gasteiger partial charge in [-0.1, -0.05) is 31.4 Å². The Labute approximate surface area is 124 Å². The lowest BCUT2D eigenvalue weighted by molar-refractivity contribution is -0.145. The molecule has 1 saturated heterocycles. The number of halogens is 1. The van der Waals surface area contributed by atoms with E-state index in [1.54, 1.807) is 12.1 Å². The van der Waals surface area contributed by atoms with Gasteiger partial charge in [0.2, 0.25) is 0 Å². The molecule has 114 valence electrons. The van der Waals surface area contributed by atoms with Crippen LogP contribution < -0.4 is 0 Å². The van der Waals surface area contributed by atoms with Gasteiger partial charge in [0, 0.05) is 19.6 Å². The maximum Gasteiger partial charge on any atom is 0.308 e. The molecule has 1 N–H and O–H groups in total. The first kappa shape index (κ1) is 14.5. The number of nitrogens with zero attached hydrogens (tertiary/aromatic N) is 1. The third kappa shape index (κ3) is 2.95. The summed E-state index contributed by atoms with van der Waals surface area (Å²) < 4.78 is 13.3. The molecule has 1 atom stereocenters.